The molecule has 3 aromatic carbocycles. The lowest BCUT2D eigenvalue weighted by Crippen LogP contribution is -2.07. The molecule has 0 aliphatic carbocycles. The topological polar surface area (TPSA) is 74.6 Å². The van der Waals surface area contributed by atoms with Crippen molar-refractivity contribution in [3.8, 4) is 22.3 Å². The van der Waals surface area contributed by atoms with Gasteiger partial charge in [0.1, 0.15) is 11.6 Å². The molecule has 0 amide bonds. The number of benzene rings is 3. The summed E-state index contributed by atoms with van der Waals surface area (Å²) in [7, 11) is 0. The molecule has 154 valence electrons. The average Bonchev–Trinajstić information content (AvgIpc) is 2.72. The predicted octanol–water partition coefficient (Wildman–Crippen LogP) is 5.68. The Bertz CT molecular complexity index is 1040. The van der Waals surface area contributed by atoms with Crippen LogP contribution in [0.4, 0.5) is 8.78 Å². The van der Waals surface area contributed by atoms with Gasteiger partial charge in [-0.25, -0.2) is 8.78 Å². The lowest BCUT2D eigenvalue weighted by Gasteiger charge is -2.12. The Morgan fingerprint density at radius 3 is 1.43 bits per heavy atom. The number of carboxylic acids is 2. The Balaban J connectivity index is 1.98. The Labute approximate surface area is 172 Å². The molecule has 30 heavy (non-hydrogen) atoms. The van der Waals surface area contributed by atoms with Crippen molar-refractivity contribution in [3.05, 3.63) is 83.4 Å². The maximum absolute atomic E-state index is 14.7. The van der Waals surface area contributed by atoms with Gasteiger partial charge in [0.05, 0.1) is 11.8 Å². The highest BCUT2D eigenvalue weighted by molar-refractivity contribution is 5.78. The van der Waals surface area contributed by atoms with E-state index in [0.717, 1.165) is 0 Å². The van der Waals surface area contributed by atoms with Crippen molar-refractivity contribution in [2.75, 3.05) is 0 Å². The second kappa shape index (κ2) is 8.45. The molecule has 0 saturated carbocycles. The van der Waals surface area contributed by atoms with Gasteiger partial charge in [-0.15, -0.1) is 0 Å². The lowest BCUT2D eigenvalue weighted by molar-refractivity contribution is -0.139. The van der Waals surface area contributed by atoms with Gasteiger partial charge in [-0.1, -0.05) is 42.5 Å². The van der Waals surface area contributed by atoms with Gasteiger partial charge in [0.25, 0.3) is 0 Å². The Hall–Kier alpha value is -3.54. The number of hydrogen-bond acceptors (Lipinski definition) is 2. The summed E-state index contributed by atoms with van der Waals surface area (Å²) in [4.78, 5) is 22.2. The zero-order chi connectivity index (χ0) is 22.0. The van der Waals surface area contributed by atoms with E-state index in [0.29, 0.717) is 22.3 Å². The third kappa shape index (κ3) is 4.22. The van der Waals surface area contributed by atoms with Crippen molar-refractivity contribution in [3.63, 3.8) is 0 Å². The number of halogens is 2. The van der Waals surface area contributed by atoms with E-state index in [9.17, 15) is 18.4 Å². The predicted molar refractivity (Wildman–Crippen MR) is 109 cm³/mol. The molecule has 0 bridgehead atoms. The summed E-state index contributed by atoms with van der Waals surface area (Å²) in [6.07, 6.45) is 0. The number of carboxylic acid groups (broad SMARTS) is 2. The lowest BCUT2D eigenvalue weighted by atomic mass is 9.94. The normalized spacial score (nSPS) is 12.9. The van der Waals surface area contributed by atoms with Gasteiger partial charge in [-0.3, -0.25) is 9.59 Å². The summed E-state index contributed by atoms with van der Waals surface area (Å²) >= 11 is 0. The van der Waals surface area contributed by atoms with E-state index in [1.807, 2.05) is 0 Å². The van der Waals surface area contributed by atoms with E-state index >= 15 is 0 Å². The summed E-state index contributed by atoms with van der Waals surface area (Å²) in [6.45, 7) is 2.96. The molecule has 2 atom stereocenters. The van der Waals surface area contributed by atoms with Crippen LogP contribution in [0.25, 0.3) is 22.3 Å². The molecule has 6 heteroatoms. The van der Waals surface area contributed by atoms with Gasteiger partial charge in [0.15, 0.2) is 0 Å². The third-order valence-electron chi connectivity index (χ3n) is 5.21. The van der Waals surface area contributed by atoms with E-state index < -0.39 is 35.4 Å². The van der Waals surface area contributed by atoms with Crippen LogP contribution in [0.1, 0.15) is 36.8 Å². The monoisotopic (exact) mass is 410 g/mol. The van der Waals surface area contributed by atoms with Crippen LogP contribution in [0.15, 0.2) is 60.7 Å². The van der Waals surface area contributed by atoms with Crippen molar-refractivity contribution in [1.82, 2.24) is 0 Å². The van der Waals surface area contributed by atoms with Crippen molar-refractivity contribution < 1.29 is 28.6 Å². The first-order chi connectivity index (χ1) is 14.2. The number of carbonyl (C=O) groups is 2. The largest absolute Gasteiger partial charge is 0.481 e. The van der Waals surface area contributed by atoms with E-state index in [-0.39, 0.29) is 11.1 Å². The maximum Gasteiger partial charge on any atom is 0.310 e. The summed E-state index contributed by atoms with van der Waals surface area (Å²) < 4.78 is 29.3. The summed E-state index contributed by atoms with van der Waals surface area (Å²) in [5.74, 6) is -4.88. The van der Waals surface area contributed by atoms with Gasteiger partial charge in [0, 0.05) is 11.1 Å². The highest BCUT2D eigenvalue weighted by Gasteiger charge is 2.18. The van der Waals surface area contributed by atoms with Crippen LogP contribution >= 0.6 is 0 Å². The smallest absolute Gasteiger partial charge is 0.310 e. The van der Waals surface area contributed by atoms with Gasteiger partial charge in [0.2, 0.25) is 0 Å². The second-order valence-corrected chi connectivity index (χ2v) is 7.18. The first-order valence-electron chi connectivity index (χ1n) is 9.34. The van der Waals surface area contributed by atoms with Gasteiger partial charge in [-0.2, -0.15) is 0 Å². The van der Waals surface area contributed by atoms with Gasteiger partial charge >= 0.3 is 11.9 Å². The molecule has 0 fully saturated rings. The van der Waals surface area contributed by atoms with Crippen LogP contribution in [-0.2, 0) is 9.59 Å². The fourth-order valence-electron chi connectivity index (χ4n) is 3.21. The minimum atomic E-state index is -1.04. The van der Waals surface area contributed by atoms with E-state index in [1.54, 1.807) is 36.4 Å². The first kappa shape index (κ1) is 21.2. The highest BCUT2D eigenvalue weighted by atomic mass is 19.1. The molecule has 0 aliphatic heterocycles. The zero-order valence-electron chi connectivity index (χ0n) is 16.4. The second-order valence-electron chi connectivity index (χ2n) is 7.18. The molecule has 0 spiro atoms. The molecule has 3 rings (SSSR count). The van der Waals surface area contributed by atoms with Crippen molar-refractivity contribution in [1.29, 1.82) is 0 Å². The Morgan fingerprint density at radius 2 is 1.10 bits per heavy atom. The van der Waals surface area contributed by atoms with E-state index in [1.165, 1.54) is 38.1 Å². The fraction of sp³-hybridized carbons (Fsp3) is 0.167. The minimum Gasteiger partial charge on any atom is -0.481 e. The summed E-state index contributed by atoms with van der Waals surface area (Å²) in [6, 6.07) is 15.2. The number of rotatable bonds is 6. The molecule has 0 radical (unpaired) electrons. The highest BCUT2D eigenvalue weighted by Crippen LogP contribution is 2.32. The number of aliphatic carboxylic acids is 2. The van der Waals surface area contributed by atoms with Crippen molar-refractivity contribution >= 4 is 11.9 Å². The molecule has 3 aromatic rings. The Morgan fingerprint density at radius 1 is 0.700 bits per heavy atom. The number of hydrogen-bond donors (Lipinski definition) is 2. The molecule has 2 unspecified atom stereocenters. The third-order valence-corrected chi connectivity index (χ3v) is 5.21. The minimum absolute atomic E-state index is 0.273. The molecule has 0 aromatic heterocycles. The van der Waals surface area contributed by atoms with Crippen LogP contribution in [-0.4, -0.2) is 22.2 Å². The van der Waals surface area contributed by atoms with Crippen LogP contribution in [0, 0.1) is 11.6 Å². The summed E-state index contributed by atoms with van der Waals surface area (Å²) in [5.41, 5.74) is 2.29. The SMILES string of the molecule is CC(C(=O)O)c1ccc(-c2cccc(-c3ccc(C(C)C(=O)O)cc3F)c2)c(F)c1. The van der Waals surface area contributed by atoms with E-state index in [2.05, 4.69) is 0 Å². The zero-order valence-corrected chi connectivity index (χ0v) is 16.4. The summed E-state index contributed by atoms with van der Waals surface area (Å²) in [5, 5.41) is 18.2. The quantitative estimate of drug-likeness (QED) is 0.549. The maximum atomic E-state index is 14.7. The Kier molecular flexibility index (Phi) is 5.96. The average molecular weight is 410 g/mol. The molecule has 0 saturated heterocycles. The van der Waals surface area contributed by atoms with Crippen LogP contribution in [0.5, 0.6) is 0 Å². The van der Waals surface area contributed by atoms with Crippen molar-refractivity contribution in [2.24, 2.45) is 0 Å². The van der Waals surface area contributed by atoms with Crippen LogP contribution in [0.2, 0.25) is 0 Å². The standard InChI is InChI=1S/C24H20F2O4/c1-13(23(27)28)15-6-8-19(21(25)11-15)17-4-3-5-18(10-17)20-9-7-16(12-22(20)26)14(2)24(29)30/h3-14H,1-2H3,(H,27,28)(H,29,30). The molecule has 0 heterocycles. The van der Waals surface area contributed by atoms with Gasteiger partial charge < -0.3 is 10.2 Å². The van der Waals surface area contributed by atoms with Crippen LogP contribution in [0.3, 0.4) is 0 Å². The molecule has 2 N–H and O–H groups in total. The molecular weight excluding hydrogens is 390 g/mol. The first-order valence-corrected chi connectivity index (χ1v) is 9.34. The van der Waals surface area contributed by atoms with E-state index in [4.69, 9.17) is 10.2 Å². The van der Waals surface area contributed by atoms with Gasteiger partial charge in [-0.05, 0) is 54.3 Å². The van der Waals surface area contributed by atoms with Crippen molar-refractivity contribution in [2.45, 2.75) is 25.7 Å². The molecular formula is C24H20F2O4. The van der Waals surface area contributed by atoms with Crippen LogP contribution < -0.4 is 0 Å². The molecule has 0 aliphatic rings. The fourth-order valence-corrected chi connectivity index (χ4v) is 3.21. The molecule has 4 nitrogen and oxygen atoms in total.